The molecular formula is C15H13FN2O2S2. The van der Waals surface area contributed by atoms with Gasteiger partial charge in [-0.1, -0.05) is 29.5 Å². The lowest BCUT2D eigenvalue weighted by Gasteiger charge is -2.03. The van der Waals surface area contributed by atoms with Gasteiger partial charge < -0.3 is 5.73 Å². The molecule has 1 aromatic heterocycles. The summed E-state index contributed by atoms with van der Waals surface area (Å²) in [6.07, 6.45) is 1.54. The van der Waals surface area contributed by atoms with Gasteiger partial charge in [0.05, 0.1) is 15.1 Å². The maximum absolute atomic E-state index is 12.8. The van der Waals surface area contributed by atoms with E-state index in [1.54, 1.807) is 12.1 Å². The van der Waals surface area contributed by atoms with Crippen molar-refractivity contribution in [2.45, 2.75) is 17.7 Å². The van der Waals surface area contributed by atoms with Gasteiger partial charge in [0.15, 0.2) is 5.13 Å². The molecule has 0 fully saturated rings. The Kier molecular flexibility index (Phi) is 3.84. The molecule has 0 saturated carbocycles. The monoisotopic (exact) mass is 336 g/mol. The van der Waals surface area contributed by atoms with E-state index in [2.05, 4.69) is 11.1 Å². The van der Waals surface area contributed by atoms with E-state index in [1.807, 2.05) is 12.1 Å². The number of nitrogen functional groups attached to an aromatic ring is 1. The molecule has 0 amide bonds. The number of anilines is 1. The molecule has 0 aliphatic heterocycles. The number of nitrogens with two attached hydrogens (primary N) is 1. The molecule has 0 unspecified atom stereocenters. The van der Waals surface area contributed by atoms with Crippen LogP contribution < -0.4 is 5.73 Å². The smallest absolute Gasteiger partial charge is 0.332 e. The van der Waals surface area contributed by atoms with E-state index in [9.17, 15) is 12.3 Å². The zero-order valence-corrected chi connectivity index (χ0v) is 13.1. The molecule has 7 heteroatoms. The normalized spacial score (nSPS) is 11.9. The quantitative estimate of drug-likeness (QED) is 0.742. The third kappa shape index (κ3) is 3.26. The first kappa shape index (κ1) is 14.9. The van der Waals surface area contributed by atoms with Crippen LogP contribution in [0.3, 0.4) is 0 Å². The molecule has 0 aliphatic rings. The summed E-state index contributed by atoms with van der Waals surface area (Å²) in [6.45, 7) is 0. The van der Waals surface area contributed by atoms with Gasteiger partial charge in [-0.25, -0.2) is 4.98 Å². The Morgan fingerprint density at radius 3 is 2.36 bits per heavy atom. The molecule has 0 aliphatic carbocycles. The van der Waals surface area contributed by atoms with Crippen molar-refractivity contribution < 1.29 is 12.3 Å². The van der Waals surface area contributed by atoms with Gasteiger partial charge in [-0.3, -0.25) is 0 Å². The van der Waals surface area contributed by atoms with E-state index in [4.69, 9.17) is 5.73 Å². The molecule has 0 radical (unpaired) electrons. The molecular weight excluding hydrogens is 323 g/mol. The van der Waals surface area contributed by atoms with Gasteiger partial charge in [-0.05, 0) is 48.2 Å². The minimum absolute atomic E-state index is 0.308. The first-order valence-corrected chi connectivity index (χ1v) is 8.80. The van der Waals surface area contributed by atoms with E-state index >= 15 is 0 Å². The standard InChI is InChI=1S/C15H13FN2O2S2/c16-22(19,20)12-6-3-10(4-7-12)1-2-11-5-8-13-14(9-11)21-15(17)18-13/h3-9H,1-2H2,(H2,17,18). The minimum atomic E-state index is -4.63. The van der Waals surface area contributed by atoms with E-state index in [0.29, 0.717) is 5.13 Å². The molecule has 0 atom stereocenters. The van der Waals surface area contributed by atoms with Gasteiger partial charge >= 0.3 is 10.2 Å². The van der Waals surface area contributed by atoms with E-state index < -0.39 is 10.2 Å². The number of rotatable bonds is 4. The predicted molar refractivity (Wildman–Crippen MR) is 86.2 cm³/mol. The van der Waals surface area contributed by atoms with Gasteiger partial charge in [-0.2, -0.15) is 8.42 Å². The Balaban J connectivity index is 1.73. The summed E-state index contributed by atoms with van der Waals surface area (Å²) < 4.78 is 35.4. The Bertz CT molecular complexity index is 918. The fourth-order valence-electron chi connectivity index (χ4n) is 2.25. The number of aromatic nitrogens is 1. The van der Waals surface area contributed by atoms with Crippen LogP contribution in [0.15, 0.2) is 47.4 Å². The summed E-state index contributed by atoms with van der Waals surface area (Å²) in [5.74, 6) is 0. The van der Waals surface area contributed by atoms with Crippen LogP contribution in [0, 0.1) is 0 Å². The molecule has 3 aromatic rings. The highest BCUT2D eigenvalue weighted by molar-refractivity contribution is 7.86. The maximum Gasteiger partial charge on any atom is 0.332 e. The highest BCUT2D eigenvalue weighted by atomic mass is 32.3. The maximum atomic E-state index is 12.8. The number of hydrogen-bond donors (Lipinski definition) is 1. The molecule has 4 nitrogen and oxygen atoms in total. The SMILES string of the molecule is Nc1nc2ccc(CCc3ccc(S(=O)(=O)F)cc3)cc2s1. The number of halogens is 1. The van der Waals surface area contributed by atoms with Crippen molar-refractivity contribution in [2.24, 2.45) is 0 Å². The Morgan fingerprint density at radius 2 is 1.68 bits per heavy atom. The second-order valence-corrected chi connectivity index (χ2v) is 7.35. The first-order chi connectivity index (χ1) is 10.4. The Hall–Kier alpha value is -1.99. The Labute approximate surface area is 131 Å². The van der Waals surface area contributed by atoms with Crippen LogP contribution in [-0.4, -0.2) is 13.4 Å². The predicted octanol–water partition coefficient (Wildman–Crippen LogP) is 3.32. The van der Waals surface area contributed by atoms with E-state index in [0.717, 1.165) is 34.2 Å². The lowest BCUT2D eigenvalue weighted by atomic mass is 10.0. The summed E-state index contributed by atoms with van der Waals surface area (Å²) in [6, 6.07) is 11.8. The fraction of sp³-hybridized carbons (Fsp3) is 0.133. The van der Waals surface area contributed by atoms with Gasteiger partial charge in [0, 0.05) is 0 Å². The van der Waals surface area contributed by atoms with E-state index in [-0.39, 0.29) is 4.90 Å². The van der Waals surface area contributed by atoms with Crippen molar-refractivity contribution in [3.63, 3.8) is 0 Å². The third-order valence-electron chi connectivity index (χ3n) is 3.38. The molecule has 1 heterocycles. The second-order valence-electron chi connectivity index (χ2n) is 4.94. The molecule has 2 aromatic carbocycles. The van der Waals surface area contributed by atoms with Crippen LogP contribution in [-0.2, 0) is 23.1 Å². The van der Waals surface area contributed by atoms with Crippen LogP contribution in [0.5, 0.6) is 0 Å². The highest BCUT2D eigenvalue weighted by Gasteiger charge is 2.10. The highest BCUT2D eigenvalue weighted by Crippen LogP contribution is 2.25. The fourth-order valence-corrected chi connectivity index (χ4v) is 3.51. The zero-order chi connectivity index (χ0) is 15.7. The second kappa shape index (κ2) is 5.66. The topological polar surface area (TPSA) is 73.0 Å². The average molecular weight is 336 g/mol. The zero-order valence-electron chi connectivity index (χ0n) is 11.5. The largest absolute Gasteiger partial charge is 0.375 e. The van der Waals surface area contributed by atoms with Crippen molar-refractivity contribution in [3.05, 3.63) is 53.6 Å². The van der Waals surface area contributed by atoms with Crippen LogP contribution in [0.1, 0.15) is 11.1 Å². The number of nitrogens with zero attached hydrogens (tertiary/aromatic N) is 1. The lowest BCUT2D eigenvalue weighted by Crippen LogP contribution is -1.94. The van der Waals surface area contributed by atoms with Crippen molar-refractivity contribution in [2.75, 3.05) is 5.73 Å². The van der Waals surface area contributed by atoms with Crippen LogP contribution in [0.25, 0.3) is 10.2 Å². The number of fused-ring (bicyclic) bond motifs is 1. The summed E-state index contributed by atoms with van der Waals surface area (Å²) >= 11 is 1.45. The lowest BCUT2D eigenvalue weighted by molar-refractivity contribution is 0.552. The third-order valence-corrected chi connectivity index (χ3v) is 5.06. The summed E-state index contributed by atoms with van der Waals surface area (Å²) in [7, 11) is -4.63. The van der Waals surface area contributed by atoms with Gasteiger partial charge in [0.2, 0.25) is 0 Å². The van der Waals surface area contributed by atoms with Gasteiger partial charge in [0.1, 0.15) is 0 Å². The Morgan fingerprint density at radius 1 is 1.05 bits per heavy atom. The van der Waals surface area contributed by atoms with Gasteiger partial charge in [-0.15, -0.1) is 3.89 Å². The molecule has 2 N–H and O–H groups in total. The summed E-state index contributed by atoms with van der Waals surface area (Å²) in [5.41, 5.74) is 8.68. The first-order valence-electron chi connectivity index (χ1n) is 6.60. The van der Waals surface area contributed by atoms with Crippen LogP contribution in [0.4, 0.5) is 9.02 Å². The van der Waals surface area contributed by atoms with Crippen molar-refractivity contribution in [1.82, 2.24) is 4.98 Å². The molecule has 114 valence electrons. The average Bonchev–Trinajstić information content (AvgIpc) is 2.84. The number of hydrogen-bond acceptors (Lipinski definition) is 5. The van der Waals surface area contributed by atoms with Gasteiger partial charge in [0.25, 0.3) is 0 Å². The van der Waals surface area contributed by atoms with Crippen molar-refractivity contribution in [1.29, 1.82) is 0 Å². The van der Waals surface area contributed by atoms with Crippen LogP contribution >= 0.6 is 11.3 Å². The van der Waals surface area contributed by atoms with Crippen LogP contribution in [0.2, 0.25) is 0 Å². The molecule has 3 rings (SSSR count). The molecule has 0 spiro atoms. The minimum Gasteiger partial charge on any atom is -0.375 e. The number of aryl methyl sites for hydroxylation is 2. The number of benzene rings is 2. The molecule has 22 heavy (non-hydrogen) atoms. The molecule has 0 bridgehead atoms. The van der Waals surface area contributed by atoms with Crippen molar-refractivity contribution in [3.8, 4) is 0 Å². The number of thiazole rings is 1. The summed E-state index contributed by atoms with van der Waals surface area (Å²) in [5, 5.41) is 0.551. The summed E-state index contributed by atoms with van der Waals surface area (Å²) in [4.78, 5) is 3.90. The van der Waals surface area contributed by atoms with Crippen molar-refractivity contribution >= 4 is 36.9 Å². The van der Waals surface area contributed by atoms with E-state index in [1.165, 1.54) is 23.5 Å². The molecule has 0 saturated heterocycles.